The van der Waals surface area contributed by atoms with Gasteiger partial charge in [0.05, 0.1) is 17.1 Å². The van der Waals surface area contributed by atoms with Gasteiger partial charge in [0.2, 0.25) is 0 Å². The Bertz CT molecular complexity index is 2860. The molecule has 10 nitrogen and oxygen atoms in total. The molecule has 0 bridgehead atoms. The van der Waals surface area contributed by atoms with Gasteiger partial charge in [0.1, 0.15) is 23.9 Å². The molecule has 0 saturated carbocycles. The van der Waals surface area contributed by atoms with Gasteiger partial charge >= 0.3 is 11.8 Å². The molecule has 0 fully saturated rings. The number of aromatic nitrogens is 1. The number of aromatic hydroxyl groups is 2. The van der Waals surface area contributed by atoms with Crippen molar-refractivity contribution >= 4 is 73.7 Å². The number of likely N-dealkylation sites (N-methyl/N-ethyl adjacent to an activating group) is 1. The highest BCUT2D eigenvalue weighted by molar-refractivity contribution is 6.20. The Balaban J connectivity index is 0.000000188. The lowest BCUT2D eigenvalue weighted by molar-refractivity contribution is -0.114. The highest BCUT2D eigenvalue weighted by atomic mass is 35.5. The van der Waals surface area contributed by atoms with E-state index in [4.69, 9.17) is 27.9 Å². The lowest BCUT2D eigenvalue weighted by atomic mass is 9.92. The van der Waals surface area contributed by atoms with Gasteiger partial charge < -0.3 is 34.6 Å². The van der Waals surface area contributed by atoms with Crippen LogP contribution in [0.5, 0.6) is 17.2 Å². The fourth-order valence-electron chi connectivity index (χ4n) is 8.10. The molecule has 5 aromatic carbocycles. The third kappa shape index (κ3) is 8.96. The molecule has 3 heterocycles. The molecule has 0 radical (unpaired) electrons. The first kappa shape index (κ1) is 43.7. The number of amides is 2. The van der Waals surface area contributed by atoms with Gasteiger partial charge in [-0.15, -0.1) is 23.2 Å². The average Bonchev–Trinajstić information content (AvgIpc) is 3.98. The van der Waals surface area contributed by atoms with Gasteiger partial charge in [-0.05, 0) is 85.2 Å². The van der Waals surface area contributed by atoms with Crippen LogP contribution in [-0.2, 0) is 9.59 Å². The van der Waals surface area contributed by atoms with E-state index < -0.39 is 0 Å². The molecule has 0 unspecified atom stereocenters. The molecule has 6 aromatic rings. The second-order valence-corrected chi connectivity index (χ2v) is 16.3. The Morgan fingerprint density at radius 1 is 0.758 bits per heavy atom. The highest BCUT2D eigenvalue weighted by Gasteiger charge is 2.36. The molecule has 2 amide bonds. The highest BCUT2D eigenvalue weighted by Crippen LogP contribution is 2.47. The molecule has 12 heteroatoms. The normalized spacial score (nSPS) is 15.0. The molecule has 2 atom stereocenters. The number of nitrogens with one attached hydrogen (secondary N) is 1. The molecule has 62 heavy (non-hydrogen) atoms. The van der Waals surface area contributed by atoms with E-state index in [2.05, 4.69) is 28.7 Å². The lowest BCUT2D eigenvalue weighted by Gasteiger charge is -2.16. The van der Waals surface area contributed by atoms with Crippen LogP contribution in [0.25, 0.3) is 21.5 Å². The predicted octanol–water partition coefficient (Wildman–Crippen LogP) is 8.62. The van der Waals surface area contributed by atoms with Crippen molar-refractivity contribution in [3.63, 3.8) is 0 Å². The van der Waals surface area contributed by atoms with Crippen molar-refractivity contribution < 1.29 is 29.3 Å². The Kier molecular flexibility index (Phi) is 13.1. The zero-order valence-corrected chi connectivity index (χ0v) is 36.6. The minimum absolute atomic E-state index is 0.0231. The van der Waals surface area contributed by atoms with Gasteiger partial charge in [-0.1, -0.05) is 54.3 Å². The van der Waals surface area contributed by atoms with Gasteiger partial charge in [-0.3, -0.25) is 14.4 Å². The number of benzene rings is 5. The third-order valence-corrected chi connectivity index (χ3v) is 11.9. The van der Waals surface area contributed by atoms with Crippen LogP contribution in [0.2, 0.25) is 0 Å². The van der Waals surface area contributed by atoms with Gasteiger partial charge in [-0.25, -0.2) is 0 Å². The standard InChI is InChI=1S/C27H27ClN2O3.C23H19ClN2O3/c1-18-6-4-9-22-24(31)15-23-27(26(18)22)20(16-28)17-30(23)25(32)11-10-19-7-5-8-21(14-19)33-13-12-29(2)3;1-13-4-3-5-17-20(28)9-19-23(22(13)17)16(10-24)12-26(19)21(29)7-6-15-8-18(14(2)27)25-11-15/h4-9,14-15,20,31H,12-13,16-17H2,1-3H3;3-5,8-9,11,16,25,28H,10,12H2,1-2H3/t20-;16-/m11/s1. The number of aromatic amines is 1. The summed E-state index contributed by atoms with van der Waals surface area (Å²) in [6, 6.07) is 23.9. The largest absolute Gasteiger partial charge is 0.507 e. The lowest BCUT2D eigenvalue weighted by Crippen LogP contribution is -2.28. The maximum Gasteiger partial charge on any atom is 0.303 e. The summed E-state index contributed by atoms with van der Waals surface area (Å²) < 4.78 is 5.76. The molecule has 1 aromatic heterocycles. The van der Waals surface area contributed by atoms with E-state index in [0.29, 0.717) is 59.7 Å². The number of carbonyl (C=O) groups excluding carboxylic acids is 3. The summed E-state index contributed by atoms with van der Waals surface area (Å²) >= 11 is 12.5. The number of phenolic OH excluding ortho intramolecular Hbond substituents is 2. The van der Waals surface area contributed by atoms with Crippen LogP contribution in [0.15, 0.2) is 85.1 Å². The van der Waals surface area contributed by atoms with E-state index >= 15 is 0 Å². The average molecular weight is 870 g/mol. The topological polar surface area (TPSA) is 126 Å². The minimum atomic E-state index is -0.378. The number of hydrogen-bond acceptors (Lipinski definition) is 7. The quantitative estimate of drug-likeness (QED) is 0.0834. The smallest absolute Gasteiger partial charge is 0.303 e. The van der Waals surface area contributed by atoms with Crippen LogP contribution < -0.4 is 14.5 Å². The molecule has 0 saturated heterocycles. The number of nitrogens with zero attached hydrogens (tertiary/aromatic N) is 3. The number of Topliss-reactive ketones (excluding diaryl/α,β-unsaturated/α-hetero) is 1. The van der Waals surface area contributed by atoms with E-state index in [1.165, 1.54) is 6.92 Å². The summed E-state index contributed by atoms with van der Waals surface area (Å²) in [6.45, 7) is 7.68. The van der Waals surface area contributed by atoms with E-state index in [1.807, 2.05) is 93.5 Å². The number of alkyl halides is 2. The SMILES string of the molecule is CC(=O)c1cc(C#CC(=O)N2C[C@@H](CCl)c3c2cc(O)c2cccc(C)c32)c[nH]1.Cc1cccc2c(O)cc3c(c12)[C@H](CCl)CN3C(=O)C#Cc1cccc(OCCN(C)C)c1. The molecular formula is C50H46Cl2N4O6. The Morgan fingerprint density at radius 2 is 1.27 bits per heavy atom. The number of H-pyrrole nitrogens is 1. The summed E-state index contributed by atoms with van der Waals surface area (Å²) in [5.74, 6) is 12.0. The minimum Gasteiger partial charge on any atom is -0.507 e. The number of fused-ring (bicyclic) bond motifs is 6. The molecule has 0 spiro atoms. The van der Waals surface area contributed by atoms with Gasteiger partial charge in [0, 0.05) is 102 Å². The molecular weight excluding hydrogens is 823 g/mol. The van der Waals surface area contributed by atoms with E-state index in [-0.39, 0.29) is 40.9 Å². The van der Waals surface area contributed by atoms with Crippen molar-refractivity contribution in [2.24, 2.45) is 0 Å². The number of ether oxygens (including phenoxy) is 1. The van der Waals surface area contributed by atoms with Gasteiger partial charge in [0.25, 0.3) is 0 Å². The van der Waals surface area contributed by atoms with E-state index in [1.54, 1.807) is 34.2 Å². The number of aryl methyl sites for hydroxylation is 2. The van der Waals surface area contributed by atoms with Crippen LogP contribution in [0, 0.1) is 37.5 Å². The van der Waals surface area contributed by atoms with Crippen molar-refractivity contribution in [1.29, 1.82) is 0 Å². The first-order chi connectivity index (χ1) is 29.8. The van der Waals surface area contributed by atoms with E-state index in [9.17, 15) is 24.6 Å². The summed E-state index contributed by atoms with van der Waals surface area (Å²) in [7, 11) is 3.98. The third-order valence-electron chi connectivity index (χ3n) is 11.1. The van der Waals surface area contributed by atoms with Crippen LogP contribution in [-0.4, -0.2) is 89.8 Å². The number of phenols is 2. The second-order valence-electron chi connectivity index (χ2n) is 15.7. The number of carbonyl (C=O) groups is 3. The van der Waals surface area contributed by atoms with Crippen molar-refractivity contribution in [3.05, 3.63) is 124 Å². The van der Waals surface area contributed by atoms with Crippen LogP contribution >= 0.6 is 23.2 Å². The van der Waals surface area contributed by atoms with Crippen molar-refractivity contribution in [2.75, 3.05) is 61.9 Å². The maximum absolute atomic E-state index is 13.1. The molecule has 2 aliphatic heterocycles. The van der Waals surface area contributed by atoms with Crippen molar-refractivity contribution in [2.45, 2.75) is 32.6 Å². The Morgan fingerprint density at radius 3 is 1.76 bits per heavy atom. The molecule has 3 N–H and O–H groups in total. The fraction of sp³-hybridized carbons (Fsp3) is 0.260. The fourth-order valence-corrected chi connectivity index (χ4v) is 8.60. The van der Waals surface area contributed by atoms with E-state index in [0.717, 1.165) is 56.1 Å². The van der Waals surface area contributed by atoms with Crippen LogP contribution in [0.1, 0.15) is 62.6 Å². The number of hydrogen-bond donors (Lipinski definition) is 3. The first-order valence-electron chi connectivity index (χ1n) is 20.2. The van der Waals surface area contributed by atoms with Gasteiger partial charge in [-0.2, -0.15) is 0 Å². The molecule has 0 aliphatic carbocycles. The number of anilines is 2. The van der Waals surface area contributed by atoms with Crippen LogP contribution in [0.4, 0.5) is 11.4 Å². The summed E-state index contributed by atoms with van der Waals surface area (Å²) in [6.07, 6.45) is 1.60. The Hall–Kier alpha value is -6.43. The zero-order valence-electron chi connectivity index (χ0n) is 35.1. The van der Waals surface area contributed by atoms with Gasteiger partial charge in [0.15, 0.2) is 5.78 Å². The summed E-state index contributed by atoms with van der Waals surface area (Å²) in [5, 5.41) is 24.6. The summed E-state index contributed by atoms with van der Waals surface area (Å²) in [4.78, 5) is 45.4. The predicted molar refractivity (Wildman–Crippen MR) is 247 cm³/mol. The van der Waals surface area contributed by atoms with Crippen molar-refractivity contribution in [1.82, 2.24) is 9.88 Å². The van der Waals surface area contributed by atoms with Crippen molar-refractivity contribution in [3.8, 4) is 40.9 Å². The first-order valence-corrected chi connectivity index (χ1v) is 21.2. The number of halogens is 2. The zero-order chi connectivity index (χ0) is 44.2. The monoisotopic (exact) mass is 868 g/mol. The number of rotatable bonds is 7. The second kappa shape index (κ2) is 18.7. The maximum atomic E-state index is 13.1. The molecule has 2 aliphatic rings. The molecule has 316 valence electrons. The summed E-state index contributed by atoms with van der Waals surface area (Å²) in [5.41, 5.74) is 7.08. The number of ketones is 1. The van der Waals surface area contributed by atoms with Crippen LogP contribution in [0.3, 0.4) is 0 Å². The molecule has 8 rings (SSSR count). The Labute approximate surface area is 371 Å².